The van der Waals surface area contributed by atoms with E-state index in [2.05, 4.69) is 19.2 Å². The predicted octanol–water partition coefficient (Wildman–Crippen LogP) is 17.5. The molecule has 5 heteroatoms. The lowest BCUT2D eigenvalue weighted by atomic mass is 10.0. The van der Waals surface area contributed by atoms with Crippen LogP contribution in [0.4, 0.5) is 0 Å². The molecule has 0 heterocycles. The van der Waals surface area contributed by atoms with Crippen LogP contribution in [0.5, 0.6) is 0 Å². The molecule has 0 saturated heterocycles. The molecule has 62 heavy (non-hydrogen) atoms. The first-order valence-electron chi connectivity index (χ1n) is 28.5. The van der Waals surface area contributed by atoms with Crippen molar-refractivity contribution in [1.82, 2.24) is 5.32 Å². The number of allylic oxidation sites excluding steroid dienone is 1. The number of hydrogen-bond acceptors (Lipinski definition) is 4. The van der Waals surface area contributed by atoms with Crippen LogP contribution >= 0.6 is 0 Å². The van der Waals surface area contributed by atoms with E-state index in [-0.39, 0.29) is 18.9 Å². The quantitative estimate of drug-likeness (QED) is 0.0362. The number of unbranched alkanes of at least 4 members (excludes halogenated alkanes) is 44. The summed E-state index contributed by atoms with van der Waals surface area (Å²) >= 11 is 0. The molecule has 0 aliphatic rings. The fourth-order valence-corrected chi connectivity index (χ4v) is 9.23. The summed E-state index contributed by atoms with van der Waals surface area (Å²) in [5.74, 6) is -0.310. The van der Waals surface area contributed by atoms with Crippen LogP contribution in [0.1, 0.15) is 322 Å². The Morgan fingerprint density at radius 1 is 0.403 bits per heavy atom. The van der Waals surface area contributed by atoms with E-state index in [9.17, 15) is 20.1 Å². The van der Waals surface area contributed by atoms with E-state index in [1.165, 1.54) is 270 Å². The van der Waals surface area contributed by atoms with Crippen molar-refractivity contribution < 1.29 is 20.1 Å². The molecular formula is C57H113NO4. The first-order valence-corrected chi connectivity index (χ1v) is 28.5. The minimum Gasteiger partial charge on any atom is -0.394 e. The Labute approximate surface area is 389 Å². The zero-order valence-corrected chi connectivity index (χ0v) is 42.3. The molecule has 0 aromatic heterocycles. The average Bonchev–Trinajstić information content (AvgIpc) is 3.27. The van der Waals surface area contributed by atoms with E-state index in [1.807, 2.05) is 6.08 Å². The molecule has 3 atom stereocenters. The number of rotatable bonds is 53. The predicted molar refractivity (Wildman–Crippen MR) is 273 cm³/mol. The fraction of sp³-hybridized carbons (Fsp3) is 0.947. The minimum absolute atomic E-state index is 0.0191. The molecule has 0 rings (SSSR count). The highest BCUT2D eigenvalue weighted by Crippen LogP contribution is 2.18. The van der Waals surface area contributed by atoms with Gasteiger partial charge in [-0.15, -0.1) is 0 Å². The Hall–Kier alpha value is -0.910. The van der Waals surface area contributed by atoms with Crippen LogP contribution in [-0.4, -0.2) is 46.1 Å². The van der Waals surface area contributed by atoms with Crippen LogP contribution in [0.2, 0.25) is 0 Å². The zero-order chi connectivity index (χ0) is 45.1. The van der Waals surface area contributed by atoms with Crippen LogP contribution < -0.4 is 5.32 Å². The van der Waals surface area contributed by atoms with E-state index in [4.69, 9.17) is 0 Å². The second-order valence-corrected chi connectivity index (χ2v) is 19.9. The highest BCUT2D eigenvalue weighted by atomic mass is 16.3. The van der Waals surface area contributed by atoms with Gasteiger partial charge in [-0.05, 0) is 19.3 Å². The Morgan fingerprint density at radius 3 is 0.935 bits per heavy atom. The molecule has 5 nitrogen and oxygen atoms in total. The van der Waals surface area contributed by atoms with Gasteiger partial charge in [-0.25, -0.2) is 0 Å². The molecule has 0 spiro atoms. The van der Waals surface area contributed by atoms with Crippen LogP contribution in [0, 0.1) is 0 Å². The van der Waals surface area contributed by atoms with Crippen molar-refractivity contribution >= 4 is 5.91 Å². The van der Waals surface area contributed by atoms with Gasteiger partial charge >= 0.3 is 0 Å². The van der Waals surface area contributed by atoms with Crippen molar-refractivity contribution in [2.45, 2.75) is 340 Å². The van der Waals surface area contributed by atoms with Crippen molar-refractivity contribution in [2.24, 2.45) is 0 Å². The second-order valence-electron chi connectivity index (χ2n) is 19.9. The van der Waals surface area contributed by atoms with Gasteiger partial charge in [0.05, 0.1) is 31.3 Å². The third-order valence-electron chi connectivity index (χ3n) is 13.6. The molecule has 370 valence electrons. The van der Waals surface area contributed by atoms with Crippen LogP contribution in [-0.2, 0) is 4.79 Å². The molecule has 0 aliphatic heterocycles. The summed E-state index contributed by atoms with van der Waals surface area (Å²) in [6.07, 6.45) is 65.7. The highest BCUT2D eigenvalue weighted by molar-refractivity contribution is 5.76. The van der Waals surface area contributed by atoms with Crippen molar-refractivity contribution in [3.8, 4) is 0 Å². The van der Waals surface area contributed by atoms with Crippen LogP contribution in [0.25, 0.3) is 0 Å². The van der Waals surface area contributed by atoms with E-state index < -0.39 is 18.2 Å². The number of aliphatic hydroxyl groups excluding tert-OH is 3. The topological polar surface area (TPSA) is 89.8 Å². The van der Waals surface area contributed by atoms with Gasteiger partial charge in [0.2, 0.25) is 5.91 Å². The van der Waals surface area contributed by atoms with E-state index in [0.717, 1.165) is 25.7 Å². The molecule has 3 unspecified atom stereocenters. The zero-order valence-electron chi connectivity index (χ0n) is 42.3. The summed E-state index contributed by atoms with van der Waals surface area (Å²) in [6, 6.07) is -0.739. The molecule has 0 fully saturated rings. The average molecular weight is 877 g/mol. The van der Waals surface area contributed by atoms with Crippen molar-refractivity contribution in [3.05, 3.63) is 12.2 Å². The first kappa shape index (κ1) is 61.1. The number of aliphatic hydroxyl groups is 3. The summed E-state index contributed by atoms with van der Waals surface area (Å²) < 4.78 is 0. The number of carbonyl (C=O) groups excluding carboxylic acids is 1. The SMILES string of the molecule is CCCCCCCCCCCC/C=C/C(O)C(CO)NC(=O)CC(O)CCCCCCCCCCCCCCCCCCCCCCCCCCCCCCCCCCCCC. The van der Waals surface area contributed by atoms with Crippen molar-refractivity contribution in [1.29, 1.82) is 0 Å². The number of carbonyl (C=O) groups is 1. The van der Waals surface area contributed by atoms with Gasteiger partial charge in [-0.3, -0.25) is 4.79 Å². The summed E-state index contributed by atoms with van der Waals surface area (Å²) in [6.45, 7) is 4.23. The summed E-state index contributed by atoms with van der Waals surface area (Å²) in [4.78, 5) is 12.5. The van der Waals surface area contributed by atoms with Gasteiger partial charge in [0, 0.05) is 0 Å². The first-order chi connectivity index (χ1) is 30.5. The van der Waals surface area contributed by atoms with Crippen molar-refractivity contribution in [2.75, 3.05) is 6.61 Å². The second kappa shape index (κ2) is 52.7. The maximum Gasteiger partial charge on any atom is 0.222 e. The van der Waals surface area contributed by atoms with E-state index in [0.29, 0.717) is 6.42 Å². The van der Waals surface area contributed by atoms with Gasteiger partial charge in [-0.1, -0.05) is 309 Å². The third kappa shape index (κ3) is 48.5. The third-order valence-corrected chi connectivity index (χ3v) is 13.6. The minimum atomic E-state index is -0.924. The number of amides is 1. The van der Waals surface area contributed by atoms with Crippen LogP contribution in [0.15, 0.2) is 12.2 Å². The van der Waals surface area contributed by atoms with E-state index >= 15 is 0 Å². The Bertz CT molecular complexity index is 879. The lowest BCUT2D eigenvalue weighted by molar-refractivity contribution is -0.124. The lowest BCUT2D eigenvalue weighted by Crippen LogP contribution is -2.45. The monoisotopic (exact) mass is 876 g/mol. The Balaban J connectivity index is 3.41. The number of hydrogen-bond donors (Lipinski definition) is 4. The van der Waals surface area contributed by atoms with Crippen molar-refractivity contribution in [3.63, 3.8) is 0 Å². The van der Waals surface area contributed by atoms with Gasteiger partial charge in [-0.2, -0.15) is 0 Å². The molecule has 0 aromatic rings. The van der Waals surface area contributed by atoms with Crippen LogP contribution in [0.3, 0.4) is 0 Å². The Morgan fingerprint density at radius 2 is 0.661 bits per heavy atom. The smallest absolute Gasteiger partial charge is 0.222 e. The largest absolute Gasteiger partial charge is 0.394 e. The van der Waals surface area contributed by atoms with Gasteiger partial charge in [0.15, 0.2) is 0 Å². The van der Waals surface area contributed by atoms with Gasteiger partial charge in [0.25, 0.3) is 0 Å². The number of nitrogens with one attached hydrogen (secondary N) is 1. The molecule has 0 aliphatic carbocycles. The summed E-state index contributed by atoms with van der Waals surface area (Å²) in [7, 11) is 0. The van der Waals surface area contributed by atoms with Gasteiger partial charge < -0.3 is 20.6 Å². The molecule has 0 bridgehead atoms. The maximum atomic E-state index is 12.5. The lowest BCUT2D eigenvalue weighted by Gasteiger charge is -2.21. The summed E-state index contributed by atoms with van der Waals surface area (Å²) in [5.41, 5.74) is 0. The van der Waals surface area contributed by atoms with E-state index in [1.54, 1.807) is 6.08 Å². The molecule has 0 saturated carbocycles. The Kier molecular flexibility index (Phi) is 51.9. The molecule has 0 aromatic carbocycles. The normalized spacial score (nSPS) is 13.3. The summed E-state index contributed by atoms with van der Waals surface area (Å²) in [5, 5.41) is 33.3. The highest BCUT2D eigenvalue weighted by Gasteiger charge is 2.20. The molecular weight excluding hydrogens is 763 g/mol. The standard InChI is InChI=1S/C57H113NO4/c1-3-5-7-9-11-13-15-17-18-19-20-21-22-23-24-25-26-27-28-29-30-31-32-33-34-35-36-37-38-39-40-42-44-46-48-50-54(60)52-57(62)58-55(53-59)56(61)51-49-47-45-43-41-16-14-12-10-8-6-4-2/h49,51,54-56,59-61H,3-48,50,52-53H2,1-2H3,(H,58,62)/b51-49+. The molecule has 1 amide bonds. The fourth-order valence-electron chi connectivity index (χ4n) is 9.23. The molecule has 4 N–H and O–H groups in total. The maximum absolute atomic E-state index is 12.5. The van der Waals surface area contributed by atoms with Gasteiger partial charge in [0.1, 0.15) is 0 Å². The molecule has 0 radical (unpaired) electrons.